The number of hydrogen-bond acceptors (Lipinski definition) is 0. The Hall–Kier alpha value is -2.23. The lowest BCUT2D eigenvalue weighted by atomic mass is 10.1. The Morgan fingerprint density at radius 2 is 1.58 bits per heavy atom. The zero-order valence-electron chi connectivity index (χ0n) is 10.1. The molecule has 1 aromatic heterocycles. The van der Waals surface area contributed by atoms with Crippen molar-refractivity contribution in [1.29, 1.82) is 0 Å². The summed E-state index contributed by atoms with van der Waals surface area (Å²) in [5.41, 5.74) is 2.80. The van der Waals surface area contributed by atoms with Crippen molar-refractivity contribution >= 4 is 10.9 Å². The number of fused-ring (bicyclic) bond motifs is 1. The Morgan fingerprint density at radius 1 is 0.895 bits per heavy atom. The zero-order valence-corrected chi connectivity index (χ0v) is 10.1. The van der Waals surface area contributed by atoms with Crippen LogP contribution < -0.4 is 0 Å². The van der Waals surface area contributed by atoms with Crippen molar-refractivity contribution in [2.75, 3.05) is 0 Å². The van der Waals surface area contributed by atoms with Gasteiger partial charge in [-0.3, -0.25) is 0 Å². The average molecular weight is 261 g/mol. The van der Waals surface area contributed by atoms with E-state index in [1.165, 1.54) is 0 Å². The molecule has 1 nitrogen and oxygen atoms in total. The van der Waals surface area contributed by atoms with E-state index in [1.54, 1.807) is 6.07 Å². The largest absolute Gasteiger partial charge is 0.355 e. The fourth-order valence-corrected chi connectivity index (χ4v) is 2.12. The summed E-state index contributed by atoms with van der Waals surface area (Å²) < 4.78 is 39.4. The Kier molecular flexibility index (Phi) is 2.59. The van der Waals surface area contributed by atoms with Crippen LogP contribution in [0.4, 0.5) is 13.2 Å². The average Bonchev–Trinajstić information content (AvgIpc) is 2.78. The van der Waals surface area contributed by atoms with E-state index in [0.717, 1.165) is 28.6 Å². The molecule has 0 atom stereocenters. The third kappa shape index (κ3) is 1.99. The predicted octanol–water partition coefficient (Wildman–Crippen LogP) is 4.56. The molecule has 0 spiro atoms. The van der Waals surface area contributed by atoms with Gasteiger partial charge < -0.3 is 4.98 Å². The summed E-state index contributed by atoms with van der Waals surface area (Å²) in [6.45, 7) is 1.96. The second-order valence-corrected chi connectivity index (χ2v) is 4.53. The number of H-pyrrole nitrogens is 1. The maximum atomic E-state index is 13.2. The smallest absolute Gasteiger partial charge is 0.194 e. The first-order valence-electron chi connectivity index (χ1n) is 5.79. The third-order valence-corrected chi connectivity index (χ3v) is 3.07. The standard InChI is InChI=1S/C15H10F3N/c1-8-2-3-13-9(4-8)7-14(19-13)10-5-11(16)15(18)12(17)6-10/h2-7,19H,1H3. The first-order valence-corrected chi connectivity index (χ1v) is 5.79. The maximum absolute atomic E-state index is 13.2. The van der Waals surface area contributed by atoms with Crippen LogP contribution in [0.5, 0.6) is 0 Å². The molecule has 0 fully saturated rings. The minimum atomic E-state index is -1.45. The lowest BCUT2D eigenvalue weighted by Gasteiger charge is -2.00. The van der Waals surface area contributed by atoms with Crippen LogP contribution in [0, 0.1) is 24.4 Å². The van der Waals surface area contributed by atoms with Crippen molar-refractivity contribution in [1.82, 2.24) is 4.98 Å². The van der Waals surface area contributed by atoms with Crippen LogP contribution in [-0.4, -0.2) is 4.98 Å². The molecule has 19 heavy (non-hydrogen) atoms. The molecule has 0 radical (unpaired) electrons. The van der Waals surface area contributed by atoms with Gasteiger partial charge in [-0.1, -0.05) is 11.6 Å². The van der Waals surface area contributed by atoms with Gasteiger partial charge in [0, 0.05) is 22.2 Å². The van der Waals surface area contributed by atoms with Gasteiger partial charge in [-0.05, 0) is 37.3 Å². The zero-order chi connectivity index (χ0) is 13.6. The molecule has 0 saturated carbocycles. The number of aromatic nitrogens is 1. The molecule has 3 aromatic rings. The van der Waals surface area contributed by atoms with Crippen LogP contribution in [0.25, 0.3) is 22.2 Å². The van der Waals surface area contributed by atoms with Crippen molar-refractivity contribution in [3.05, 3.63) is 59.4 Å². The fourth-order valence-electron chi connectivity index (χ4n) is 2.12. The number of rotatable bonds is 1. The highest BCUT2D eigenvalue weighted by molar-refractivity contribution is 5.86. The van der Waals surface area contributed by atoms with Gasteiger partial charge in [0.2, 0.25) is 0 Å². The van der Waals surface area contributed by atoms with Gasteiger partial charge in [-0.15, -0.1) is 0 Å². The van der Waals surface area contributed by atoms with Gasteiger partial charge in [-0.25, -0.2) is 13.2 Å². The summed E-state index contributed by atoms with van der Waals surface area (Å²) in [6, 6.07) is 9.55. The van der Waals surface area contributed by atoms with Crippen molar-refractivity contribution in [2.24, 2.45) is 0 Å². The predicted molar refractivity (Wildman–Crippen MR) is 68.3 cm³/mol. The second-order valence-electron chi connectivity index (χ2n) is 4.53. The van der Waals surface area contributed by atoms with Gasteiger partial charge in [-0.2, -0.15) is 0 Å². The van der Waals surface area contributed by atoms with Gasteiger partial charge in [0.25, 0.3) is 0 Å². The minimum absolute atomic E-state index is 0.283. The van der Waals surface area contributed by atoms with Crippen LogP contribution in [0.1, 0.15) is 5.56 Å². The molecule has 3 rings (SSSR count). The van der Waals surface area contributed by atoms with Crippen LogP contribution in [-0.2, 0) is 0 Å². The quantitative estimate of drug-likeness (QED) is 0.618. The minimum Gasteiger partial charge on any atom is -0.355 e. The van der Waals surface area contributed by atoms with Gasteiger partial charge >= 0.3 is 0 Å². The Morgan fingerprint density at radius 3 is 2.26 bits per heavy atom. The van der Waals surface area contributed by atoms with Gasteiger partial charge in [0.15, 0.2) is 17.5 Å². The molecule has 0 aliphatic rings. The number of nitrogens with one attached hydrogen (secondary N) is 1. The molecule has 0 unspecified atom stereocenters. The maximum Gasteiger partial charge on any atom is 0.194 e. The first-order chi connectivity index (χ1) is 9.04. The van der Waals surface area contributed by atoms with E-state index in [2.05, 4.69) is 4.98 Å². The summed E-state index contributed by atoms with van der Waals surface area (Å²) >= 11 is 0. The van der Waals surface area contributed by atoms with Crippen LogP contribution >= 0.6 is 0 Å². The fraction of sp³-hybridized carbons (Fsp3) is 0.0667. The Bertz CT molecular complexity index is 751. The molecular formula is C15H10F3N. The lowest BCUT2D eigenvalue weighted by Crippen LogP contribution is -1.91. The summed E-state index contributed by atoms with van der Waals surface area (Å²) in [7, 11) is 0. The topological polar surface area (TPSA) is 15.8 Å². The summed E-state index contributed by atoms with van der Waals surface area (Å²) in [4.78, 5) is 3.06. The monoisotopic (exact) mass is 261 g/mol. The Labute approximate surface area is 107 Å². The van der Waals surface area contributed by atoms with Crippen molar-refractivity contribution in [3.8, 4) is 11.3 Å². The molecule has 0 saturated heterocycles. The highest BCUT2D eigenvalue weighted by Crippen LogP contribution is 2.27. The Balaban J connectivity index is 2.19. The van der Waals surface area contributed by atoms with Gasteiger partial charge in [0.05, 0.1) is 0 Å². The van der Waals surface area contributed by atoms with E-state index in [4.69, 9.17) is 0 Å². The number of aromatic amines is 1. The van der Waals surface area contributed by atoms with E-state index < -0.39 is 17.5 Å². The van der Waals surface area contributed by atoms with E-state index in [9.17, 15) is 13.2 Å². The second kappa shape index (κ2) is 4.16. The van der Waals surface area contributed by atoms with E-state index in [0.29, 0.717) is 5.69 Å². The summed E-state index contributed by atoms with van der Waals surface area (Å²) in [5.74, 6) is -3.83. The summed E-state index contributed by atoms with van der Waals surface area (Å²) in [6.07, 6.45) is 0. The van der Waals surface area contributed by atoms with Crippen molar-refractivity contribution in [2.45, 2.75) is 6.92 Å². The van der Waals surface area contributed by atoms with E-state index in [1.807, 2.05) is 25.1 Å². The molecule has 4 heteroatoms. The molecule has 96 valence electrons. The number of aryl methyl sites for hydroxylation is 1. The van der Waals surface area contributed by atoms with Gasteiger partial charge in [0.1, 0.15) is 0 Å². The number of halogens is 3. The molecule has 0 amide bonds. The summed E-state index contributed by atoms with van der Waals surface area (Å²) in [5, 5.41) is 0.945. The molecule has 2 aromatic carbocycles. The van der Waals surface area contributed by atoms with E-state index in [-0.39, 0.29) is 5.56 Å². The molecular weight excluding hydrogens is 251 g/mol. The number of hydrogen-bond donors (Lipinski definition) is 1. The van der Waals surface area contributed by atoms with Crippen LogP contribution in [0.3, 0.4) is 0 Å². The van der Waals surface area contributed by atoms with Crippen LogP contribution in [0.2, 0.25) is 0 Å². The molecule has 1 N–H and O–H groups in total. The number of benzene rings is 2. The lowest BCUT2D eigenvalue weighted by molar-refractivity contribution is 0.447. The van der Waals surface area contributed by atoms with E-state index >= 15 is 0 Å². The van der Waals surface area contributed by atoms with Crippen LogP contribution in [0.15, 0.2) is 36.4 Å². The molecule has 1 heterocycles. The van der Waals surface area contributed by atoms with Crippen molar-refractivity contribution in [3.63, 3.8) is 0 Å². The highest BCUT2D eigenvalue weighted by Gasteiger charge is 2.12. The SMILES string of the molecule is Cc1ccc2[nH]c(-c3cc(F)c(F)c(F)c3)cc2c1. The molecule has 0 aliphatic carbocycles. The van der Waals surface area contributed by atoms with Crippen molar-refractivity contribution < 1.29 is 13.2 Å². The first kappa shape index (κ1) is 11.8. The normalized spacial score (nSPS) is 11.2. The third-order valence-electron chi connectivity index (χ3n) is 3.07. The highest BCUT2D eigenvalue weighted by atomic mass is 19.2. The molecule has 0 bridgehead atoms. The molecule has 0 aliphatic heterocycles.